The Hall–Kier alpha value is -1.12. The molecule has 98 valence electrons. The van der Waals surface area contributed by atoms with Crippen LogP contribution < -0.4 is 0 Å². The van der Waals surface area contributed by atoms with Gasteiger partial charge in [-0.15, -0.1) is 11.8 Å². The number of hydrogen-bond donors (Lipinski definition) is 1. The molecule has 0 aromatic heterocycles. The van der Waals surface area contributed by atoms with Crippen LogP contribution in [-0.2, 0) is 14.8 Å². The van der Waals surface area contributed by atoms with Gasteiger partial charge in [0.1, 0.15) is 10.7 Å². The number of thioether (sulfide) groups is 1. The summed E-state index contributed by atoms with van der Waals surface area (Å²) in [5.41, 5.74) is 0. The highest BCUT2D eigenvalue weighted by Crippen LogP contribution is 2.30. The van der Waals surface area contributed by atoms with Crippen LogP contribution in [0.3, 0.4) is 0 Å². The summed E-state index contributed by atoms with van der Waals surface area (Å²) in [5.74, 6) is -1.74. The molecule has 0 amide bonds. The normalized spacial score (nSPS) is 21.1. The first kappa shape index (κ1) is 13.3. The van der Waals surface area contributed by atoms with Crippen LogP contribution in [0.4, 0.5) is 4.39 Å². The van der Waals surface area contributed by atoms with Crippen LogP contribution in [0.2, 0.25) is 0 Å². The highest BCUT2D eigenvalue weighted by Gasteiger charge is 2.41. The zero-order chi connectivity index (χ0) is 13.3. The van der Waals surface area contributed by atoms with Crippen LogP contribution in [-0.4, -0.2) is 41.5 Å². The van der Waals surface area contributed by atoms with E-state index in [9.17, 15) is 17.6 Å². The molecule has 0 spiro atoms. The smallest absolute Gasteiger partial charge is 0.332 e. The molecule has 1 fully saturated rings. The molecule has 0 aliphatic carbocycles. The van der Waals surface area contributed by atoms with Gasteiger partial charge < -0.3 is 5.11 Å². The molecule has 1 heterocycles. The van der Waals surface area contributed by atoms with Gasteiger partial charge in [0.05, 0.1) is 0 Å². The van der Waals surface area contributed by atoms with E-state index in [0.29, 0.717) is 5.75 Å². The molecule has 1 aliphatic rings. The number of nitrogens with zero attached hydrogens (tertiary/aromatic N) is 1. The Balaban J connectivity index is 2.43. The molecule has 1 atom stereocenters. The zero-order valence-electron chi connectivity index (χ0n) is 9.11. The van der Waals surface area contributed by atoms with Crippen molar-refractivity contribution in [2.45, 2.75) is 10.3 Å². The molecule has 0 bridgehead atoms. The summed E-state index contributed by atoms with van der Waals surface area (Å²) in [6.45, 7) is 0.0678. The number of carboxylic acid groups (broad SMARTS) is 1. The lowest BCUT2D eigenvalue weighted by atomic mass is 10.4. The van der Waals surface area contributed by atoms with Crippen LogP contribution in [0.1, 0.15) is 0 Å². The van der Waals surface area contributed by atoms with E-state index in [4.69, 9.17) is 5.11 Å². The van der Waals surface area contributed by atoms with Gasteiger partial charge in [-0.3, -0.25) is 0 Å². The summed E-state index contributed by atoms with van der Waals surface area (Å²) in [6.07, 6.45) is 0. The van der Waals surface area contributed by atoms with Crippen LogP contribution in [0.5, 0.6) is 0 Å². The first-order valence-electron chi connectivity index (χ1n) is 5.05. The van der Waals surface area contributed by atoms with Crippen molar-refractivity contribution in [1.29, 1.82) is 0 Å². The fourth-order valence-electron chi connectivity index (χ4n) is 1.68. The van der Waals surface area contributed by atoms with E-state index in [0.717, 1.165) is 28.2 Å². The predicted molar refractivity (Wildman–Crippen MR) is 64.2 cm³/mol. The predicted octanol–water partition coefficient (Wildman–Crippen LogP) is 0.974. The number of rotatable bonds is 3. The largest absolute Gasteiger partial charge is 0.479 e. The summed E-state index contributed by atoms with van der Waals surface area (Å²) in [5, 5.41) is 7.76. The van der Waals surface area contributed by atoms with E-state index >= 15 is 0 Å². The summed E-state index contributed by atoms with van der Waals surface area (Å²) >= 11 is 1.01. The lowest BCUT2D eigenvalue weighted by Crippen LogP contribution is -2.39. The van der Waals surface area contributed by atoms with Gasteiger partial charge >= 0.3 is 5.97 Å². The lowest BCUT2D eigenvalue weighted by molar-refractivity contribution is -0.138. The standard InChI is InChI=1S/C10H10FNO4S2/c11-7-3-1-2-4-8(7)18(15,16)12-5-6-17-9(12)10(13)14/h1-4,9H,5-6H2,(H,13,14). The highest BCUT2D eigenvalue weighted by atomic mass is 32.2. The lowest BCUT2D eigenvalue weighted by Gasteiger charge is -2.20. The van der Waals surface area contributed by atoms with Crippen molar-refractivity contribution in [1.82, 2.24) is 4.31 Å². The third-order valence-corrected chi connectivity index (χ3v) is 5.70. The molecule has 1 unspecified atom stereocenters. The first-order valence-corrected chi connectivity index (χ1v) is 7.54. The molecule has 5 nitrogen and oxygen atoms in total. The molecule has 8 heteroatoms. The van der Waals surface area contributed by atoms with E-state index < -0.39 is 32.1 Å². The number of carboxylic acids is 1. The average Bonchev–Trinajstić information content (AvgIpc) is 2.78. The molecule has 1 aliphatic heterocycles. The summed E-state index contributed by atoms with van der Waals surface area (Å²) in [6, 6.07) is 4.94. The Bertz CT molecular complexity index is 575. The molecule has 0 radical (unpaired) electrons. The molecule has 18 heavy (non-hydrogen) atoms. The van der Waals surface area contributed by atoms with Gasteiger partial charge in [0.15, 0.2) is 5.37 Å². The van der Waals surface area contributed by atoms with Crippen LogP contribution in [0.25, 0.3) is 0 Å². The Labute approximate surface area is 108 Å². The zero-order valence-corrected chi connectivity index (χ0v) is 10.7. The number of sulfonamides is 1. The monoisotopic (exact) mass is 291 g/mol. The Morgan fingerprint density at radius 1 is 1.44 bits per heavy atom. The third kappa shape index (κ3) is 2.23. The molecule has 1 aromatic rings. The van der Waals surface area contributed by atoms with Crippen LogP contribution in [0.15, 0.2) is 29.2 Å². The third-order valence-electron chi connectivity index (χ3n) is 2.48. The van der Waals surface area contributed by atoms with Gasteiger partial charge in [0, 0.05) is 12.3 Å². The second-order valence-corrected chi connectivity index (χ2v) is 6.65. The molecular formula is C10H10FNO4S2. The molecule has 2 rings (SSSR count). The Kier molecular flexibility index (Phi) is 3.60. The highest BCUT2D eigenvalue weighted by molar-refractivity contribution is 8.02. The topological polar surface area (TPSA) is 74.7 Å². The Morgan fingerprint density at radius 3 is 2.72 bits per heavy atom. The van der Waals surface area contributed by atoms with Gasteiger partial charge in [-0.1, -0.05) is 12.1 Å². The van der Waals surface area contributed by atoms with Gasteiger partial charge in [0.2, 0.25) is 10.0 Å². The number of halogens is 1. The Morgan fingerprint density at radius 2 is 2.11 bits per heavy atom. The second-order valence-electron chi connectivity index (χ2n) is 3.61. The van der Waals surface area contributed by atoms with Crippen molar-refractivity contribution in [2.75, 3.05) is 12.3 Å². The summed E-state index contributed by atoms with van der Waals surface area (Å²) in [4.78, 5) is 10.5. The number of hydrogen-bond acceptors (Lipinski definition) is 4. The number of aliphatic carboxylic acids is 1. The van der Waals surface area contributed by atoms with Crippen molar-refractivity contribution in [2.24, 2.45) is 0 Å². The van der Waals surface area contributed by atoms with E-state index in [1.165, 1.54) is 12.1 Å². The second kappa shape index (κ2) is 4.87. The fourth-order valence-corrected chi connectivity index (χ4v) is 4.74. The molecule has 0 saturated carbocycles. The maximum atomic E-state index is 13.5. The van der Waals surface area contributed by atoms with Crippen molar-refractivity contribution >= 4 is 27.8 Å². The molecule has 1 N–H and O–H groups in total. The maximum absolute atomic E-state index is 13.5. The quantitative estimate of drug-likeness (QED) is 0.898. The number of benzene rings is 1. The van der Waals surface area contributed by atoms with Crippen LogP contribution in [0, 0.1) is 5.82 Å². The van der Waals surface area contributed by atoms with E-state index in [1.54, 1.807) is 0 Å². The summed E-state index contributed by atoms with van der Waals surface area (Å²) in [7, 11) is -4.11. The molecule has 1 saturated heterocycles. The van der Waals surface area contributed by atoms with Gasteiger partial charge in [-0.2, -0.15) is 4.31 Å². The molecular weight excluding hydrogens is 281 g/mol. The van der Waals surface area contributed by atoms with Crippen molar-refractivity contribution < 1.29 is 22.7 Å². The van der Waals surface area contributed by atoms with E-state index in [-0.39, 0.29) is 6.54 Å². The van der Waals surface area contributed by atoms with Crippen LogP contribution >= 0.6 is 11.8 Å². The average molecular weight is 291 g/mol. The van der Waals surface area contributed by atoms with Crippen molar-refractivity contribution in [3.63, 3.8) is 0 Å². The minimum absolute atomic E-state index is 0.0678. The minimum atomic E-state index is -4.11. The molecule has 1 aromatic carbocycles. The van der Waals surface area contributed by atoms with Gasteiger partial charge in [0.25, 0.3) is 0 Å². The van der Waals surface area contributed by atoms with Crippen molar-refractivity contribution in [3.05, 3.63) is 30.1 Å². The van der Waals surface area contributed by atoms with E-state index in [1.807, 2.05) is 0 Å². The van der Waals surface area contributed by atoms with Gasteiger partial charge in [-0.05, 0) is 12.1 Å². The first-order chi connectivity index (χ1) is 8.44. The van der Waals surface area contributed by atoms with E-state index in [2.05, 4.69) is 0 Å². The van der Waals surface area contributed by atoms with Gasteiger partial charge in [-0.25, -0.2) is 17.6 Å². The maximum Gasteiger partial charge on any atom is 0.332 e. The minimum Gasteiger partial charge on any atom is -0.479 e. The van der Waals surface area contributed by atoms with Crippen molar-refractivity contribution in [3.8, 4) is 0 Å². The summed E-state index contributed by atoms with van der Waals surface area (Å²) < 4.78 is 38.7. The number of carbonyl (C=O) groups is 1. The fraction of sp³-hybridized carbons (Fsp3) is 0.300. The SMILES string of the molecule is O=C(O)C1SCCN1S(=O)(=O)c1ccccc1F.